The van der Waals surface area contributed by atoms with Crippen molar-refractivity contribution in [1.82, 2.24) is 14.8 Å². The van der Waals surface area contributed by atoms with Gasteiger partial charge in [0.15, 0.2) is 0 Å². The van der Waals surface area contributed by atoms with Crippen LogP contribution in [-0.4, -0.2) is 40.5 Å². The maximum absolute atomic E-state index is 12.6. The summed E-state index contributed by atoms with van der Waals surface area (Å²) in [4.78, 5) is 14.3. The fourth-order valence-corrected chi connectivity index (χ4v) is 4.50. The molecule has 158 valence electrons. The van der Waals surface area contributed by atoms with Crippen LogP contribution >= 0.6 is 12.6 Å². The third-order valence-electron chi connectivity index (χ3n) is 4.74. The number of para-hydroxylation sites is 1. The zero-order chi connectivity index (χ0) is 21.6. The first-order chi connectivity index (χ1) is 14.4. The fraction of sp³-hybridized carbons (Fsp3) is 0.190. The average Bonchev–Trinajstić information content (AvgIpc) is 3.18. The quantitative estimate of drug-likeness (QED) is 0.176. The predicted molar refractivity (Wildman–Crippen MR) is 121 cm³/mol. The second kappa shape index (κ2) is 9.94. The second-order valence-corrected chi connectivity index (χ2v) is 9.45. The number of carbonyl (C=O) groups is 1. The number of nitrogens with one attached hydrogen (secondary N) is 2. The van der Waals surface area contributed by atoms with E-state index in [0.717, 1.165) is 27.6 Å². The molecule has 0 unspecified atom stereocenters. The molecule has 9 heteroatoms. The van der Waals surface area contributed by atoms with Gasteiger partial charge in [-0.15, -0.1) is 0 Å². The van der Waals surface area contributed by atoms with Crippen LogP contribution in [0.2, 0.25) is 0 Å². The average molecular weight is 446 g/mol. The first-order valence-electron chi connectivity index (χ1n) is 9.27. The van der Waals surface area contributed by atoms with Crippen LogP contribution in [0.5, 0.6) is 0 Å². The largest absolute Gasteiger partial charge is 0.361 e. The van der Waals surface area contributed by atoms with E-state index in [1.807, 2.05) is 42.6 Å². The lowest BCUT2D eigenvalue weighted by Crippen LogP contribution is -2.33. The number of aromatic nitrogens is 1. The van der Waals surface area contributed by atoms with E-state index in [2.05, 4.69) is 17.6 Å². The van der Waals surface area contributed by atoms with Crippen molar-refractivity contribution in [2.24, 2.45) is 0 Å². The van der Waals surface area contributed by atoms with Crippen molar-refractivity contribution in [3.8, 4) is 0 Å². The second-order valence-electron chi connectivity index (χ2n) is 6.74. The Bertz CT molecular complexity index is 1140. The number of sulfonamides is 1. The molecule has 0 spiro atoms. The number of carbonyl (C=O) groups excluding carboxylic acids is 1. The maximum atomic E-state index is 12.6. The standard InChI is InChI=1S/C21H23N3O4S2/c25-21(23-26)10-9-16-5-7-17(8-6-16)14-24(30(27,28)15-29)12-11-18-13-22-20-4-2-1-3-19(18)20/h1-10,13,22,26,29H,11-12,14-15H2,(H,23,25)/b10-9+. The highest BCUT2D eigenvalue weighted by Crippen LogP contribution is 2.20. The van der Waals surface area contributed by atoms with Gasteiger partial charge < -0.3 is 4.98 Å². The monoisotopic (exact) mass is 445 g/mol. The Labute approximate surface area is 180 Å². The first kappa shape index (κ1) is 22.1. The summed E-state index contributed by atoms with van der Waals surface area (Å²) in [5.74, 6) is -0.623. The highest BCUT2D eigenvalue weighted by Gasteiger charge is 2.21. The lowest BCUT2D eigenvalue weighted by Gasteiger charge is -2.21. The molecule has 7 nitrogen and oxygen atoms in total. The molecule has 0 aliphatic carbocycles. The van der Waals surface area contributed by atoms with E-state index < -0.39 is 15.9 Å². The summed E-state index contributed by atoms with van der Waals surface area (Å²) in [5, 5.41) is 9.33. The van der Waals surface area contributed by atoms with Crippen molar-refractivity contribution in [2.45, 2.75) is 13.0 Å². The summed E-state index contributed by atoms with van der Waals surface area (Å²) in [6, 6.07) is 15.1. The maximum Gasteiger partial charge on any atom is 0.267 e. The molecular weight excluding hydrogens is 422 g/mol. The van der Waals surface area contributed by atoms with Crippen molar-refractivity contribution in [1.29, 1.82) is 0 Å². The van der Waals surface area contributed by atoms with Crippen LogP contribution in [0.1, 0.15) is 16.7 Å². The molecule has 1 aromatic heterocycles. The minimum absolute atomic E-state index is 0.229. The van der Waals surface area contributed by atoms with Gasteiger partial charge in [0.2, 0.25) is 10.0 Å². The molecule has 1 amide bonds. The number of thiol groups is 1. The van der Waals surface area contributed by atoms with E-state index in [1.165, 1.54) is 15.9 Å². The summed E-state index contributed by atoms with van der Waals surface area (Å²) in [5.41, 5.74) is 5.19. The minimum atomic E-state index is -3.51. The Morgan fingerprint density at radius 3 is 2.60 bits per heavy atom. The molecule has 0 fully saturated rings. The molecule has 0 radical (unpaired) electrons. The van der Waals surface area contributed by atoms with Crippen molar-refractivity contribution < 1.29 is 18.4 Å². The summed E-state index contributed by atoms with van der Waals surface area (Å²) < 4.78 is 26.6. The topological polar surface area (TPSA) is 103 Å². The molecular formula is C21H23N3O4S2. The number of hydrogen-bond donors (Lipinski definition) is 4. The number of benzene rings is 2. The van der Waals surface area contributed by atoms with Crippen LogP contribution in [0.15, 0.2) is 60.8 Å². The van der Waals surface area contributed by atoms with Gasteiger partial charge in [0.25, 0.3) is 5.91 Å². The van der Waals surface area contributed by atoms with E-state index >= 15 is 0 Å². The Balaban J connectivity index is 1.73. The Morgan fingerprint density at radius 2 is 1.90 bits per heavy atom. The van der Waals surface area contributed by atoms with Crippen molar-refractivity contribution in [3.63, 3.8) is 0 Å². The van der Waals surface area contributed by atoms with Gasteiger partial charge in [-0.1, -0.05) is 42.5 Å². The minimum Gasteiger partial charge on any atom is -0.361 e. The van der Waals surface area contributed by atoms with E-state index in [4.69, 9.17) is 5.21 Å². The highest BCUT2D eigenvalue weighted by molar-refractivity contribution is 8.02. The number of rotatable bonds is 9. The highest BCUT2D eigenvalue weighted by atomic mass is 32.3. The molecule has 1 heterocycles. The van der Waals surface area contributed by atoms with Gasteiger partial charge in [0, 0.05) is 36.3 Å². The van der Waals surface area contributed by atoms with Crippen molar-refractivity contribution in [3.05, 3.63) is 77.5 Å². The Hall–Kier alpha value is -2.59. The van der Waals surface area contributed by atoms with Crippen LogP contribution in [0.3, 0.4) is 0 Å². The van der Waals surface area contributed by atoms with E-state index in [1.54, 1.807) is 18.2 Å². The smallest absolute Gasteiger partial charge is 0.267 e. The van der Waals surface area contributed by atoms with Gasteiger partial charge in [-0.3, -0.25) is 10.0 Å². The lowest BCUT2D eigenvalue weighted by molar-refractivity contribution is -0.124. The molecule has 0 saturated heterocycles. The first-order valence-corrected chi connectivity index (χ1v) is 11.5. The van der Waals surface area contributed by atoms with Crippen LogP contribution in [-0.2, 0) is 27.8 Å². The molecule has 0 aliphatic heterocycles. The van der Waals surface area contributed by atoms with E-state index in [0.29, 0.717) is 13.0 Å². The van der Waals surface area contributed by atoms with Crippen molar-refractivity contribution >= 4 is 45.5 Å². The predicted octanol–water partition coefficient (Wildman–Crippen LogP) is 2.95. The lowest BCUT2D eigenvalue weighted by atomic mass is 10.1. The van der Waals surface area contributed by atoms with Gasteiger partial charge in [-0.05, 0) is 35.3 Å². The van der Waals surface area contributed by atoms with Gasteiger partial charge >= 0.3 is 0 Å². The number of aromatic amines is 1. The van der Waals surface area contributed by atoms with Crippen LogP contribution < -0.4 is 5.48 Å². The van der Waals surface area contributed by atoms with Gasteiger partial charge in [0.05, 0.1) is 0 Å². The molecule has 2 aromatic carbocycles. The molecule has 0 bridgehead atoms. The molecule has 3 rings (SSSR count). The number of amides is 1. The van der Waals surface area contributed by atoms with Crippen LogP contribution in [0, 0.1) is 0 Å². The number of fused-ring (bicyclic) bond motifs is 1. The number of hydroxylamine groups is 1. The summed E-state index contributed by atoms with van der Waals surface area (Å²) >= 11 is 4.00. The van der Waals surface area contributed by atoms with Gasteiger partial charge in [-0.25, -0.2) is 13.9 Å². The summed E-state index contributed by atoms with van der Waals surface area (Å²) in [6.07, 6.45) is 5.25. The molecule has 3 aromatic rings. The van der Waals surface area contributed by atoms with Crippen LogP contribution in [0.25, 0.3) is 17.0 Å². The number of nitrogens with zero attached hydrogens (tertiary/aromatic N) is 1. The molecule has 3 N–H and O–H groups in total. The molecule has 0 saturated carbocycles. The number of H-pyrrole nitrogens is 1. The summed E-state index contributed by atoms with van der Waals surface area (Å²) in [6.45, 7) is 0.565. The van der Waals surface area contributed by atoms with E-state index in [-0.39, 0.29) is 11.6 Å². The Morgan fingerprint density at radius 1 is 1.17 bits per heavy atom. The summed E-state index contributed by atoms with van der Waals surface area (Å²) in [7, 11) is -3.51. The van der Waals surface area contributed by atoms with Gasteiger partial charge in [0.1, 0.15) is 5.08 Å². The van der Waals surface area contributed by atoms with Crippen molar-refractivity contribution in [2.75, 3.05) is 11.6 Å². The zero-order valence-corrected chi connectivity index (χ0v) is 17.9. The molecule has 30 heavy (non-hydrogen) atoms. The normalized spacial score (nSPS) is 12.1. The molecule has 0 aliphatic rings. The third kappa shape index (κ3) is 5.51. The zero-order valence-electron chi connectivity index (χ0n) is 16.2. The van der Waals surface area contributed by atoms with E-state index in [9.17, 15) is 13.2 Å². The Kier molecular flexibility index (Phi) is 7.33. The van der Waals surface area contributed by atoms with Gasteiger partial charge in [-0.2, -0.15) is 16.9 Å². The fourth-order valence-electron chi connectivity index (χ4n) is 3.13. The van der Waals surface area contributed by atoms with Crippen LogP contribution in [0.4, 0.5) is 0 Å². The number of hydrogen-bond acceptors (Lipinski definition) is 5. The third-order valence-corrected chi connectivity index (χ3v) is 7.14. The molecule has 0 atom stereocenters. The SMILES string of the molecule is O=C(/C=C/c1ccc(CN(CCc2c[nH]c3ccccc23)S(=O)(=O)CS)cc1)NO.